The number of nitrogens with one attached hydrogen (secondary N) is 1. The van der Waals surface area contributed by atoms with Gasteiger partial charge in [-0.1, -0.05) is 0 Å². The van der Waals surface area contributed by atoms with Crippen LogP contribution in [0.15, 0.2) is 0 Å². The van der Waals surface area contributed by atoms with Crippen molar-refractivity contribution in [2.24, 2.45) is 0 Å². The van der Waals surface area contributed by atoms with Gasteiger partial charge < -0.3 is 5.32 Å². The van der Waals surface area contributed by atoms with Crippen molar-refractivity contribution in [2.75, 3.05) is 13.1 Å². The van der Waals surface area contributed by atoms with Gasteiger partial charge in [0, 0.05) is 1.37 Å². The van der Waals surface area contributed by atoms with Gasteiger partial charge in [0.05, 0.1) is 0 Å². The maximum absolute atomic E-state index is 7.07. The molecule has 0 radical (unpaired) electrons. The van der Waals surface area contributed by atoms with E-state index < -0.39 is 0 Å². The topological polar surface area (TPSA) is 12.0 Å². The summed E-state index contributed by atoms with van der Waals surface area (Å²) in [5, 5.41) is 3.08. The number of rotatable bonds is 0. The second-order valence-corrected chi connectivity index (χ2v) is 1.28. The Morgan fingerprint density at radius 1 is 1.60 bits per heavy atom. The molecule has 1 unspecified atom stereocenters. The molecular formula is C4H9N. The predicted molar refractivity (Wildman–Crippen MR) is 22.1 cm³/mol. The quantitative estimate of drug-likeness (QED) is 0.436. The highest BCUT2D eigenvalue weighted by Crippen LogP contribution is 1.90. The molecule has 1 rings (SSSR count). The summed E-state index contributed by atoms with van der Waals surface area (Å²) in [7, 11) is 0. The van der Waals surface area contributed by atoms with E-state index in [-0.39, 0.29) is 6.40 Å². The van der Waals surface area contributed by atoms with Crippen LogP contribution in [0, 0.1) is 0 Å². The molecule has 0 aromatic carbocycles. The van der Waals surface area contributed by atoms with E-state index >= 15 is 0 Å². The highest BCUT2D eigenvalue weighted by atomic mass is 14.9. The van der Waals surface area contributed by atoms with E-state index in [1.807, 2.05) is 0 Å². The lowest BCUT2D eigenvalue weighted by atomic mass is 10.4. The third kappa shape index (κ3) is 0.618. The van der Waals surface area contributed by atoms with Crippen molar-refractivity contribution in [3.8, 4) is 0 Å². The molecule has 1 saturated heterocycles. The van der Waals surface area contributed by atoms with E-state index in [4.69, 9.17) is 1.37 Å². The van der Waals surface area contributed by atoms with Crippen molar-refractivity contribution >= 4 is 0 Å². The van der Waals surface area contributed by atoms with Crippen molar-refractivity contribution in [3.63, 3.8) is 0 Å². The second kappa shape index (κ2) is 1.41. The van der Waals surface area contributed by atoms with Crippen LogP contribution in [0.1, 0.15) is 14.2 Å². The van der Waals surface area contributed by atoms with Gasteiger partial charge >= 0.3 is 0 Å². The molecule has 1 aliphatic rings. The largest absolute Gasteiger partial charge is 0.317 e. The third-order valence-corrected chi connectivity index (χ3v) is 0.814. The Balaban J connectivity index is 2.18. The van der Waals surface area contributed by atoms with Gasteiger partial charge in [-0.15, -0.1) is 0 Å². The summed E-state index contributed by atoms with van der Waals surface area (Å²) < 4.78 is 7.07. The molecule has 0 aromatic heterocycles. The van der Waals surface area contributed by atoms with Crippen LogP contribution in [0.5, 0.6) is 0 Å². The monoisotopic (exact) mass is 72.1 g/mol. The van der Waals surface area contributed by atoms with Gasteiger partial charge in [-0.25, -0.2) is 0 Å². The highest BCUT2D eigenvalue weighted by Gasteiger charge is 1.93. The smallest absolute Gasteiger partial charge is 0.0280 e. The van der Waals surface area contributed by atoms with Gasteiger partial charge in [-0.05, 0) is 25.9 Å². The maximum atomic E-state index is 7.07. The molecule has 0 aromatic rings. The van der Waals surface area contributed by atoms with Crippen molar-refractivity contribution in [1.82, 2.24) is 5.32 Å². The minimum atomic E-state index is 0.185. The number of hydrogen-bond acceptors (Lipinski definition) is 1. The van der Waals surface area contributed by atoms with Crippen LogP contribution in [0.4, 0.5) is 0 Å². The first kappa shape index (κ1) is 2.19. The highest BCUT2D eigenvalue weighted by molar-refractivity contribution is 4.55. The first-order valence-electron chi connectivity index (χ1n) is 2.60. The molecule has 1 aliphatic heterocycles. The van der Waals surface area contributed by atoms with Crippen LogP contribution >= 0.6 is 0 Å². The summed E-state index contributed by atoms with van der Waals surface area (Å²) in [6, 6.07) is 0. The average Bonchev–Trinajstić information content (AvgIpc) is 1.86. The van der Waals surface area contributed by atoms with Crippen LogP contribution in [-0.4, -0.2) is 13.1 Å². The lowest BCUT2D eigenvalue weighted by molar-refractivity contribution is 0.857. The van der Waals surface area contributed by atoms with Crippen LogP contribution in [0.2, 0.25) is 0 Å². The van der Waals surface area contributed by atoms with Gasteiger partial charge in [-0.3, -0.25) is 0 Å². The molecule has 1 heterocycles. The zero-order chi connectivity index (χ0) is 4.41. The lowest BCUT2D eigenvalue weighted by Gasteiger charge is -1.76. The standard InChI is InChI=1S/C4H9N/c1-2-4-5-3-1/h5H,1-4H2/i1D. The minimum Gasteiger partial charge on any atom is -0.317 e. The molecule has 1 nitrogen and oxygen atoms in total. The van der Waals surface area contributed by atoms with Crippen molar-refractivity contribution < 1.29 is 1.37 Å². The molecular weight excluding hydrogens is 62.1 g/mol. The minimum absolute atomic E-state index is 0.185. The molecule has 0 spiro atoms. The van der Waals surface area contributed by atoms with Crippen LogP contribution in [-0.2, 0) is 0 Å². The fourth-order valence-electron chi connectivity index (χ4n) is 0.510. The zero-order valence-corrected chi connectivity index (χ0v) is 3.20. The van der Waals surface area contributed by atoms with E-state index in [9.17, 15) is 0 Å². The first-order chi connectivity index (χ1) is 2.89. The molecule has 0 amide bonds. The Bertz CT molecular complexity index is 40.8. The molecule has 0 saturated carbocycles. The van der Waals surface area contributed by atoms with Crippen LogP contribution in [0.3, 0.4) is 0 Å². The van der Waals surface area contributed by atoms with Gasteiger partial charge in [0.1, 0.15) is 0 Å². The fourth-order valence-corrected chi connectivity index (χ4v) is 0.510. The molecule has 1 N–H and O–H groups in total. The second-order valence-electron chi connectivity index (χ2n) is 1.28. The molecule has 1 heteroatoms. The van der Waals surface area contributed by atoms with Crippen molar-refractivity contribution in [2.45, 2.75) is 12.8 Å². The van der Waals surface area contributed by atoms with Gasteiger partial charge in [0.25, 0.3) is 0 Å². The zero-order valence-electron chi connectivity index (χ0n) is 4.20. The van der Waals surface area contributed by atoms with Crippen LogP contribution < -0.4 is 5.32 Å². The van der Waals surface area contributed by atoms with Crippen LogP contribution in [0.25, 0.3) is 0 Å². The van der Waals surface area contributed by atoms with Gasteiger partial charge in [0.2, 0.25) is 0 Å². The van der Waals surface area contributed by atoms with Crippen molar-refractivity contribution in [3.05, 3.63) is 0 Å². The molecule has 0 aliphatic carbocycles. The summed E-state index contributed by atoms with van der Waals surface area (Å²) >= 11 is 0. The third-order valence-electron chi connectivity index (χ3n) is 0.814. The van der Waals surface area contributed by atoms with E-state index in [2.05, 4.69) is 5.32 Å². The molecule has 1 atom stereocenters. The Labute approximate surface area is 33.8 Å². The first-order valence-corrected chi connectivity index (χ1v) is 2.02. The Kier molecular flexibility index (Phi) is 0.618. The predicted octanol–water partition coefficient (Wildman–Crippen LogP) is 0.370. The fraction of sp³-hybridized carbons (Fsp3) is 1.00. The normalized spacial score (nSPS) is 41.6. The Morgan fingerprint density at radius 2 is 2.60 bits per heavy atom. The van der Waals surface area contributed by atoms with Crippen molar-refractivity contribution in [1.29, 1.82) is 0 Å². The van der Waals surface area contributed by atoms with Gasteiger partial charge in [-0.2, -0.15) is 0 Å². The van der Waals surface area contributed by atoms with E-state index in [1.165, 1.54) is 0 Å². The summed E-state index contributed by atoms with van der Waals surface area (Å²) in [6.45, 7) is 1.95. The molecule has 30 valence electrons. The summed E-state index contributed by atoms with van der Waals surface area (Å²) in [5.41, 5.74) is 0. The Hall–Kier alpha value is -0.0400. The van der Waals surface area contributed by atoms with Gasteiger partial charge in [0.15, 0.2) is 0 Å². The summed E-state index contributed by atoms with van der Waals surface area (Å²) in [4.78, 5) is 0. The summed E-state index contributed by atoms with van der Waals surface area (Å²) in [5.74, 6) is 0. The molecule has 1 fully saturated rings. The summed E-state index contributed by atoms with van der Waals surface area (Å²) in [6.07, 6.45) is 1.23. The maximum Gasteiger partial charge on any atom is 0.0280 e. The van der Waals surface area contributed by atoms with E-state index in [0.717, 1.165) is 19.5 Å². The van der Waals surface area contributed by atoms with E-state index in [1.54, 1.807) is 0 Å². The number of hydrogen-bond donors (Lipinski definition) is 1. The molecule has 5 heavy (non-hydrogen) atoms. The Morgan fingerprint density at radius 3 is 2.80 bits per heavy atom. The SMILES string of the molecule is [2H]C1CCNC1. The average molecular weight is 72.1 g/mol. The van der Waals surface area contributed by atoms with E-state index in [0.29, 0.717) is 0 Å². The molecule has 0 bridgehead atoms. The lowest BCUT2D eigenvalue weighted by Crippen LogP contribution is -2.03.